The second kappa shape index (κ2) is 6.22. The number of rotatable bonds is 6. The van der Waals surface area contributed by atoms with E-state index in [0.29, 0.717) is 17.6 Å². The molecule has 0 aliphatic carbocycles. The minimum absolute atomic E-state index is 0.124. The van der Waals surface area contributed by atoms with Gasteiger partial charge in [-0.25, -0.2) is 4.79 Å². The van der Waals surface area contributed by atoms with Crippen LogP contribution in [0.4, 0.5) is 0 Å². The molecule has 0 bridgehead atoms. The summed E-state index contributed by atoms with van der Waals surface area (Å²) < 4.78 is 7.62. The van der Waals surface area contributed by atoms with Crippen LogP contribution in [0.25, 0.3) is 5.00 Å². The lowest BCUT2D eigenvalue weighted by atomic mass is 10.1. The fourth-order valence-electron chi connectivity index (χ4n) is 1.90. The van der Waals surface area contributed by atoms with Gasteiger partial charge in [0.05, 0.1) is 0 Å². The number of nitrogens with zero attached hydrogens (tertiary/aromatic N) is 6. The molecule has 0 saturated heterocycles. The molecule has 3 heterocycles. The highest BCUT2D eigenvalue weighted by molar-refractivity contribution is 7.12. The smallest absolute Gasteiger partial charge is 0.337 e. The van der Waals surface area contributed by atoms with Gasteiger partial charge < -0.3 is 4.52 Å². The average Bonchev–Trinajstić information content (AvgIpc) is 3.20. The lowest BCUT2D eigenvalue weighted by Gasteiger charge is -1.98. The Hall–Kier alpha value is -2.29. The van der Waals surface area contributed by atoms with Crippen LogP contribution < -0.4 is 5.69 Å². The molecule has 0 N–H and O–H groups in total. The second-order valence-corrected chi connectivity index (χ2v) is 6.25. The first-order valence-corrected chi connectivity index (χ1v) is 7.89. The lowest BCUT2D eigenvalue weighted by molar-refractivity contribution is 0.357. The van der Waals surface area contributed by atoms with E-state index in [0.717, 1.165) is 17.8 Å². The van der Waals surface area contributed by atoms with Crippen LogP contribution >= 0.6 is 11.3 Å². The SMILES string of the molecule is CC(C)CCc1noc(Cn2nnn(-c3cccs3)c2=O)n1. The van der Waals surface area contributed by atoms with Gasteiger partial charge in [0, 0.05) is 6.42 Å². The molecule has 9 heteroatoms. The Kier molecular flexibility index (Phi) is 4.14. The summed E-state index contributed by atoms with van der Waals surface area (Å²) in [7, 11) is 0. The molecule has 0 amide bonds. The number of thiophene rings is 1. The largest absolute Gasteiger partial charge is 0.369 e. The number of hydrogen-bond donors (Lipinski definition) is 0. The van der Waals surface area contributed by atoms with Crippen molar-refractivity contribution in [2.24, 2.45) is 5.92 Å². The zero-order valence-electron chi connectivity index (χ0n) is 12.3. The summed E-state index contributed by atoms with van der Waals surface area (Å²) in [5.41, 5.74) is -0.329. The summed E-state index contributed by atoms with van der Waals surface area (Å²) in [6.45, 7) is 4.41. The molecule has 22 heavy (non-hydrogen) atoms. The van der Waals surface area contributed by atoms with Gasteiger partial charge in [0.15, 0.2) is 5.82 Å². The quantitative estimate of drug-likeness (QED) is 0.683. The van der Waals surface area contributed by atoms with Crippen molar-refractivity contribution in [3.63, 3.8) is 0 Å². The van der Waals surface area contributed by atoms with E-state index in [4.69, 9.17) is 4.52 Å². The van der Waals surface area contributed by atoms with Crippen LogP contribution in [0, 0.1) is 5.92 Å². The molecule has 0 aliphatic rings. The first kappa shape index (κ1) is 14.6. The molecule has 0 radical (unpaired) electrons. The summed E-state index contributed by atoms with van der Waals surface area (Å²) >= 11 is 1.42. The van der Waals surface area contributed by atoms with Gasteiger partial charge in [-0.3, -0.25) is 0 Å². The van der Waals surface area contributed by atoms with Gasteiger partial charge in [0.1, 0.15) is 11.5 Å². The molecule has 3 rings (SSSR count). The summed E-state index contributed by atoms with van der Waals surface area (Å²) in [5, 5.41) is 14.2. The van der Waals surface area contributed by atoms with Gasteiger partial charge in [0.25, 0.3) is 0 Å². The number of aryl methyl sites for hydroxylation is 1. The Bertz CT molecular complexity index is 786. The van der Waals surface area contributed by atoms with E-state index in [1.165, 1.54) is 20.7 Å². The van der Waals surface area contributed by atoms with Gasteiger partial charge in [-0.1, -0.05) is 19.0 Å². The Morgan fingerprint density at radius 2 is 2.23 bits per heavy atom. The Labute approximate surface area is 130 Å². The highest BCUT2D eigenvalue weighted by Crippen LogP contribution is 2.11. The van der Waals surface area contributed by atoms with Gasteiger partial charge in [-0.2, -0.15) is 14.3 Å². The highest BCUT2D eigenvalue weighted by Gasteiger charge is 2.13. The number of hydrogen-bond acceptors (Lipinski definition) is 7. The molecule has 3 aromatic rings. The zero-order valence-corrected chi connectivity index (χ0v) is 13.2. The van der Waals surface area contributed by atoms with Crippen molar-refractivity contribution >= 4 is 11.3 Å². The fourth-order valence-corrected chi connectivity index (χ4v) is 2.57. The van der Waals surface area contributed by atoms with E-state index in [9.17, 15) is 4.79 Å². The summed E-state index contributed by atoms with van der Waals surface area (Å²) in [5.74, 6) is 1.59. The van der Waals surface area contributed by atoms with Crippen molar-refractivity contribution in [2.45, 2.75) is 33.2 Å². The third kappa shape index (κ3) is 3.14. The molecule has 116 valence electrons. The fraction of sp³-hybridized carbons (Fsp3) is 0.462. The second-order valence-electron chi connectivity index (χ2n) is 5.32. The van der Waals surface area contributed by atoms with E-state index < -0.39 is 0 Å². The van der Waals surface area contributed by atoms with Crippen LogP contribution in [0.3, 0.4) is 0 Å². The lowest BCUT2D eigenvalue weighted by Crippen LogP contribution is -2.24. The Morgan fingerprint density at radius 1 is 1.36 bits per heavy atom. The normalized spacial score (nSPS) is 11.4. The molecular formula is C13H16N6O2S. The molecule has 0 aliphatic heterocycles. The monoisotopic (exact) mass is 320 g/mol. The molecular weight excluding hydrogens is 304 g/mol. The van der Waals surface area contributed by atoms with Crippen molar-refractivity contribution in [3.05, 3.63) is 39.7 Å². The average molecular weight is 320 g/mol. The number of tetrazole rings is 1. The predicted octanol–water partition coefficient (Wildman–Crippen LogP) is 1.51. The van der Waals surface area contributed by atoms with Crippen molar-refractivity contribution in [3.8, 4) is 5.00 Å². The van der Waals surface area contributed by atoms with Crippen LogP contribution in [-0.4, -0.2) is 29.9 Å². The molecule has 0 fully saturated rings. The summed E-state index contributed by atoms with van der Waals surface area (Å²) in [6, 6.07) is 3.66. The first-order chi connectivity index (χ1) is 10.6. The molecule has 8 nitrogen and oxygen atoms in total. The first-order valence-electron chi connectivity index (χ1n) is 7.01. The van der Waals surface area contributed by atoms with Gasteiger partial charge in [0.2, 0.25) is 5.89 Å². The van der Waals surface area contributed by atoms with E-state index in [-0.39, 0.29) is 12.2 Å². The van der Waals surface area contributed by atoms with Gasteiger partial charge in [-0.15, -0.1) is 11.3 Å². The van der Waals surface area contributed by atoms with Gasteiger partial charge >= 0.3 is 5.69 Å². The van der Waals surface area contributed by atoms with Crippen molar-refractivity contribution in [2.75, 3.05) is 0 Å². The van der Waals surface area contributed by atoms with Crippen LogP contribution in [0.5, 0.6) is 0 Å². The van der Waals surface area contributed by atoms with Crippen LogP contribution in [0.1, 0.15) is 32.0 Å². The topological polar surface area (TPSA) is 91.6 Å². The van der Waals surface area contributed by atoms with Crippen LogP contribution in [0.2, 0.25) is 0 Å². The van der Waals surface area contributed by atoms with Crippen molar-refractivity contribution in [1.29, 1.82) is 0 Å². The highest BCUT2D eigenvalue weighted by atomic mass is 32.1. The summed E-state index contributed by atoms with van der Waals surface area (Å²) in [6.07, 6.45) is 1.76. The summed E-state index contributed by atoms with van der Waals surface area (Å²) in [4.78, 5) is 16.5. The predicted molar refractivity (Wildman–Crippen MR) is 80.1 cm³/mol. The van der Waals surface area contributed by atoms with Crippen molar-refractivity contribution < 1.29 is 4.52 Å². The molecule has 3 aromatic heterocycles. The maximum Gasteiger partial charge on any atom is 0.369 e. The molecule has 0 atom stereocenters. The minimum atomic E-state index is -0.329. The third-order valence-corrected chi connectivity index (χ3v) is 3.94. The third-order valence-electron chi connectivity index (χ3n) is 3.09. The zero-order chi connectivity index (χ0) is 15.5. The molecule has 0 aromatic carbocycles. The van der Waals surface area contributed by atoms with Crippen LogP contribution in [0.15, 0.2) is 26.8 Å². The maximum atomic E-state index is 12.2. The standard InChI is InChI=1S/C13H16N6O2S/c1-9(2)5-6-10-14-11(21-15-10)8-18-13(20)19(17-16-18)12-4-3-7-22-12/h3-4,7,9H,5-6,8H2,1-2H3. The van der Waals surface area contributed by atoms with E-state index in [2.05, 4.69) is 34.4 Å². The van der Waals surface area contributed by atoms with E-state index in [1.54, 1.807) is 0 Å². The maximum absolute atomic E-state index is 12.2. The van der Waals surface area contributed by atoms with E-state index in [1.807, 2.05) is 17.5 Å². The Morgan fingerprint density at radius 3 is 2.95 bits per heavy atom. The van der Waals surface area contributed by atoms with Gasteiger partial charge in [-0.05, 0) is 40.3 Å². The van der Waals surface area contributed by atoms with E-state index >= 15 is 0 Å². The van der Waals surface area contributed by atoms with Crippen LogP contribution in [-0.2, 0) is 13.0 Å². The molecule has 0 spiro atoms. The Balaban J connectivity index is 1.73. The number of aromatic nitrogens is 6. The molecule has 0 unspecified atom stereocenters. The molecule has 0 saturated carbocycles. The van der Waals surface area contributed by atoms with Crippen molar-refractivity contribution in [1.82, 2.24) is 29.9 Å². The minimum Gasteiger partial charge on any atom is -0.337 e.